The second-order valence-corrected chi connectivity index (χ2v) is 5.96. The maximum Gasteiger partial charge on any atom is 0.270 e. The highest BCUT2D eigenvalue weighted by Gasteiger charge is 2.08. The molecule has 0 aliphatic heterocycles. The largest absolute Gasteiger partial charge is 0.496 e. The molecule has 1 aromatic carbocycles. The van der Waals surface area contributed by atoms with Gasteiger partial charge in [-0.1, -0.05) is 24.3 Å². The van der Waals surface area contributed by atoms with Crippen LogP contribution >= 0.6 is 0 Å². The Morgan fingerprint density at radius 2 is 2.00 bits per heavy atom. The first-order chi connectivity index (χ1) is 13.3. The molecule has 0 aliphatic carbocycles. The first-order valence-electron chi connectivity index (χ1n) is 8.75. The van der Waals surface area contributed by atoms with Gasteiger partial charge in [0.25, 0.3) is 5.91 Å². The van der Waals surface area contributed by atoms with Crippen LogP contribution in [0.3, 0.4) is 0 Å². The zero-order valence-electron chi connectivity index (χ0n) is 15.2. The topological polar surface area (TPSA) is 76.1 Å². The van der Waals surface area contributed by atoms with Gasteiger partial charge >= 0.3 is 0 Å². The van der Waals surface area contributed by atoms with Crippen molar-refractivity contribution in [3.05, 3.63) is 83.9 Å². The number of nitrogens with one attached hydrogen (secondary N) is 2. The second-order valence-electron chi connectivity index (χ2n) is 5.96. The van der Waals surface area contributed by atoms with Crippen LogP contribution in [0.4, 0.5) is 5.69 Å². The third kappa shape index (κ3) is 5.28. The summed E-state index contributed by atoms with van der Waals surface area (Å²) < 4.78 is 5.37. The fraction of sp³-hybridized carbons (Fsp3) is 0.190. The molecule has 0 saturated heterocycles. The summed E-state index contributed by atoms with van der Waals surface area (Å²) >= 11 is 0. The predicted octanol–water partition coefficient (Wildman–Crippen LogP) is 3.07. The van der Waals surface area contributed by atoms with Crippen molar-refractivity contribution in [2.75, 3.05) is 19.0 Å². The molecule has 138 valence electrons. The molecule has 0 bridgehead atoms. The molecule has 27 heavy (non-hydrogen) atoms. The van der Waals surface area contributed by atoms with Gasteiger partial charge in [-0.25, -0.2) is 0 Å². The molecule has 3 rings (SSSR count). The highest BCUT2D eigenvalue weighted by Crippen LogP contribution is 2.18. The minimum atomic E-state index is -0.216. The SMILES string of the molecule is COc1ccccc1CCNc1ccnc(C(=O)NCc2cccnc2)c1. The van der Waals surface area contributed by atoms with Gasteiger partial charge in [0.15, 0.2) is 0 Å². The first kappa shape index (κ1) is 18.4. The van der Waals surface area contributed by atoms with Crippen molar-refractivity contribution in [1.82, 2.24) is 15.3 Å². The van der Waals surface area contributed by atoms with Crippen LogP contribution in [0.5, 0.6) is 5.75 Å². The van der Waals surface area contributed by atoms with E-state index in [1.807, 2.05) is 42.5 Å². The average Bonchev–Trinajstić information content (AvgIpc) is 2.73. The Kier molecular flexibility index (Phi) is 6.35. The summed E-state index contributed by atoms with van der Waals surface area (Å²) in [5.74, 6) is 0.664. The van der Waals surface area contributed by atoms with Crippen LogP contribution in [0.25, 0.3) is 0 Å². The number of benzene rings is 1. The van der Waals surface area contributed by atoms with Crippen molar-refractivity contribution in [2.45, 2.75) is 13.0 Å². The molecule has 1 amide bonds. The lowest BCUT2D eigenvalue weighted by atomic mass is 10.1. The number of carbonyl (C=O) groups excluding carboxylic acids is 1. The third-order valence-electron chi connectivity index (χ3n) is 4.08. The number of para-hydroxylation sites is 1. The van der Waals surface area contributed by atoms with Crippen LogP contribution in [-0.2, 0) is 13.0 Å². The quantitative estimate of drug-likeness (QED) is 0.644. The summed E-state index contributed by atoms with van der Waals surface area (Å²) in [4.78, 5) is 20.5. The van der Waals surface area contributed by atoms with Crippen molar-refractivity contribution < 1.29 is 9.53 Å². The van der Waals surface area contributed by atoms with E-state index in [1.54, 1.807) is 31.8 Å². The lowest BCUT2D eigenvalue weighted by molar-refractivity contribution is 0.0946. The van der Waals surface area contributed by atoms with Crippen LogP contribution < -0.4 is 15.4 Å². The van der Waals surface area contributed by atoms with Gasteiger partial charge in [0.1, 0.15) is 11.4 Å². The van der Waals surface area contributed by atoms with Gasteiger partial charge in [-0.05, 0) is 41.8 Å². The minimum absolute atomic E-state index is 0.216. The van der Waals surface area contributed by atoms with Gasteiger partial charge in [0.05, 0.1) is 7.11 Å². The summed E-state index contributed by atoms with van der Waals surface area (Å²) in [5, 5.41) is 6.18. The van der Waals surface area contributed by atoms with Gasteiger partial charge in [0, 0.05) is 37.4 Å². The molecule has 2 aromatic heterocycles. The minimum Gasteiger partial charge on any atom is -0.496 e. The first-order valence-corrected chi connectivity index (χ1v) is 8.75. The average molecular weight is 362 g/mol. The van der Waals surface area contributed by atoms with Crippen molar-refractivity contribution in [3.63, 3.8) is 0 Å². The second kappa shape index (κ2) is 9.33. The van der Waals surface area contributed by atoms with Gasteiger partial charge in [-0.15, -0.1) is 0 Å². The number of ether oxygens (including phenoxy) is 1. The normalized spacial score (nSPS) is 10.3. The van der Waals surface area contributed by atoms with Crippen LogP contribution in [-0.4, -0.2) is 29.5 Å². The molecule has 0 fully saturated rings. The maximum absolute atomic E-state index is 12.3. The van der Waals surface area contributed by atoms with Gasteiger partial charge in [0.2, 0.25) is 0 Å². The number of rotatable bonds is 8. The van der Waals surface area contributed by atoms with Gasteiger partial charge in [-0.2, -0.15) is 0 Å². The van der Waals surface area contributed by atoms with E-state index in [1.165, 1.54) is 0 Å². The van der Waals surface area contributed by atoms with E-state index in [9.17, 15) is 4.79 Å². The lowest BCUT2D eigenvalue weighted by Gasteiger charge is -2.10. The molecule has 0 aliphatic rings. The molecule has 6 heteroatoms. The molecule has 3 aromatic rings. The summed E-state index contributed by atoms with van der Waals surface area (Å²) in [5.41, 5.74) is 3.31. The molecule has 0 spiro atoms. The number of amides is 1. The number of nitrogens with zero attached hydrogens (tertiary/aromatic N) is 2. The maximum atomic E-state index is 12.3. The van der Waals surface area contributed by atoms with Crippen molar-refractivity contribution in [1.29, 1.82) is 0 Å². The molecular weight excluding hydrogens is 340 g/mol. The van der Waals surface area contributed by atoms with E-state index in [4.69, 9.17) is 4.74 Å². The zero-order chi connectivity index (χ0) is 18.9. The van der Waals surface area contributed by atoms with E-state index < -0.39 is 0 Å². The fourth-order valence-electron chi connectivity index (χ4n) is 2.69. The van der Waals surface area contributed by atoms with Gasteiger partial charge < -0.3 is 15.4 Å². The molecule has 0 unspecified atom stereocenters. The Labute approximate surface area is 158 Å². The third-order valence-corrected chi connectivity index (χ3v) is 4.08. The number of pyridine rings is 2. The zero-order valence-corrected chi connectivity index (χ0v) is 15.2. The molecule has 0 radical (unpaired) electrons. The Bertz CT molecular complexity index is 884. The Morgan fingerprint density at radius 3 is 2.81 bits per heavy atom. The fourth-order valence-corrected chi connectivity index (χ4v) is 2.69. The van der Waals surface area contributed by atoms with Crippen molar-refractivity contribution >= 4 is 11.6 Å². The molecule has 0 atom stereocenters. The summed E-state index contributed by atoms with van der Waals surface area (Å²) in [6, 6.07) is 15.3. The number of methoxy groups -OCH3 is 1. The van der Waals surface area contributed by atoms with E-state index in [0.717, 1.165) is 35.5 Å². The summed E-state index contributed by atoms with van der Waals surface area (Å²) in [7, 11) is 1.67. The van der Waals surface area contributed by atoms with Crippen LogP contribution in [0.2, 0.25) is 0 Å². The van der Waals surface area contributed by atoms with Crippen molar-refractivity contribution in [2.24, 2.45) is 0 Å². The van der Waals surface area contributed by atoms with E-state index >= 15 is 0 Å². The highest BCUT2D eigenvalue weighted by atomic mass is 16.5. The Morgan fingerprint density at radius 1 is 1.11 bits per heavy atom. The molecule has 2 heterocycles. The van der Waals surface area contributed by atoms with Gasteiger partial charge in [-0.3, -0.25) is 14.8 Å². The van der Waals surface area contributed by atoms with Crippen LogP contribution in [0.1, 0.15) is 21.6 Å². The number of anilines is 1. The smallest absolute Gasteiger partial charge is 0.270 e. The number of hydrogen-bond donors (Lipinski definition) is 2. The molecule has 0 saturated carbocycles. The van der Waals surface area contributed by atoms with Crippen molar-refractivity contribution in [3.8, 4) is 5.75 Å². The summed E-state index contributed by atoms with van der Waals surface area (Å²) in [6.07, 6.45) is 5.87. The number of aromatic nitrogens is 2. The lowest BCUT2D eigenvalue weighted by Crippen LogP contribution is -2.24. The molecule has 6 nitrogen and oxygen atoms in total. The van der Waals surface area contributed by atoms with E-state index in [2.05, 4.69) is 20.6 Å². The summed E-state index contributed by atoms with van der Waals surface area (Å²) in [6.45, 7) is 1.14. The monoisotopic (exact) mass is 362 g/mol. The highest BCUT2D eigenvalue weighted by molar-refractivity contribution is 5.93. The number of carbonyl (C=O) groups is 1. The molecular formula is C21H22N4O2. The van der Waals surface area contributed by atoms with E-state index in [-0.39, 0.29) is 5.91 Å². The Balaban J connectivity index is 1.54. The Hall–Kier alpha value is -3.41. The number of hydrogen-bond acceptors (Lipinski definition) is 5. The van der Waals surface area contributed by atoms with Crippen LogP contribution in [0.15, 0.2) is 67.1 Å². The molecule has 2 N–H and O–H groups in total. The standard InChI is InChI=1S/C21H22N4O2/c1-27-20-7-3-2-6-17(20)8-11-23-18-9-12-24-19(13-18)21(26)25-15-16-5-4-10-22-14-16/h2-7,9-10,12-14H,8,11,15H2,1H3,(H,23,24)(H,25,26). The van der Waals surface area contributed by atoms with E-state index in [0.29, 0.717) is 12.2 Å². The predicted molar refractivity (Wildman–Crippen MR) is 105 cm³/mol. The van der Waals surface area contributed by atoms with Crippen LogP contribution in [0, 0.1) is 0 Å².